The zero-order valence-electron chi connectivity index (χ0n) is 10.6. The van der Waals surface area contributed by atoms with E-state index in [1.165, 1.54) is 0 Å². The zero-order chi connectivity index (χ0) is 13.3. The van der Waals surface area contributed by atoms with Gasteiger partial charge >= 0.3 is 5.97 Å². The number of unbranched alkanes of at least 4 members (excludes halogenated alkanes) is 2. The van der Waals surface area contributed by atoms with E-state index >= 15 is 0 Å². The van der Waals surface area contributed by atoms with Crippen molar-refractivity contribution in [1.82, 2.24) is 4.72 Å². The summed E-state index contributed by atoms with van der Waals surface area (Å²) < 4.78 is 25.7. The third-order valence-electron chi connectivity index (χ3n) is 2.43. The van der Waals surface area contributed by atoms with Gasteiger partial charge in [-0.2, -0.15) is 0 Å². The van der Waals surface area contributed by atoms with Crippen LogP contribution < -0.4 is 4.72 Å². The van der Waals surface area contributed by atoms with E-state index in [0.717, 1.165) is 25.7 Å². The smallest absolute Gasteiger partial charge is 0.303 e. The summed E-state index contributed by atoms with van der Waals surface area (Å²) >= 11 is 0. The lowest BCUT2D eigenvalue weighted by molar-refractivity contribution is -0.137. The van der Waals surface area contributed by atoms with Crippen LogP contribution in [0.5, 0.6) is 0 Å². The predicted octanol–water partition coefficient (Wildman–Crippen LogP) is 1.74. The first-order valence-corrected chi connectivity index (χ1v) is 7.74. The number of aliphatic carboxylic acids is 1. The van der Waals surface area contributed by atoms with E-state index in [-0.39, 0.29) is 24.6 Å². The molecule has 0 rings (SSSR count). The second-order valence-corrected chi connectivity index (χ2v) is 6.20. The van der Waals surface area contributed by atoms with Crippen LogP contribution in [0, 0.1) is 0 Å². The first-order valence-electron chi connectivity index (χ1n) is 6.09. The molecule has 0 aromatic rings. The van der Waals surface area contributed by atoms with Crippen molar-refractivity contribution in [2.24, 2.45) is 0 Å². The van der Waals surface area contributed by atoms with Crippen molar-refractivity contribution >= 4 is 16.0 Å². The van der Waals surface area contributed by atoms with Crippen molar-refractivity contribution in [2.45, 2.75) is 58.4 Å². The molecule has 0 aromatic heterocycles. The number of hydrogen-bond donors (Lipinski definition) is 2. The maximum Gasteiger partial charge on any atom is 0.303 e. The number of carboxylic acid groups (broad SMARTS) is 1. The van der Waals surface area contributed by atoms with E-state index in [1.807, 2.05) is 6.92 Å². The molecular formula is C11H23NO4S. The molecule has 102 valence electrons. The van der Waals surface area contributed by atoms with Crippen LogP contribution >= 0.6 is 0 Å². The highest BCUT2D eigenvalue weighted by molar-refractivity contribution is 7.89. The predicted molar refractivity (Wildman–Crippen MR) is 67.4 cm³/mol. The maximum atomic E-state index is 11.6. The molecular weight excluding hydrogens is 242 g/mol. The van der Waals surface area contributed by atoms with Gasteiger partial charge in [-0.15, -0.1) is 0 Å². The van der Waals surface area contributed by atoms with Gasteiger partial charge in [0, 0.05) is 12.5 Å². The molecule has 1 atom stereocenters. The van der Waals surface area contributed by atoms with Gasteiger partial charge in [-0.05, 0) is 19.8 Å². The number of carboxylic acids is 1. The van der Waals surface area contributed by atoms with Gasteiger partial charge in [-0.3, -0.25) is 4.79 Å². The molecule has 1 unspecified atom stereocenters. The van der Waals surface area contributed by atoms with E-state index in [0.29, 0.717) is 0 Å². The van der Waals surface area contributed by atoms with Crippen molar-refractivity contribution in [2.75, 3.05) is 5.75 Å². The van der Waals surface area contributed by atoms with Crippen molar-refractivity contribution in [3.8, 4) is 0 Å². The van der Waals surface area contributed by atoms with Gasteiger partial charge in [0.05, 0.1) is 5.75 Å². The van der Waals surface area contributed by atoms with Crippen LogP contribution in [0.15, 0.2) is 0 Å². The standard InChI is InChI=1S/C11H23NO4S/c1-3-4-5-7-10(2)12-17(15,16)9-6-8-11(13)14/h10,12H,3-9H2,1-2H3,(H,13,14). The topological polar surface area (TPSA) is 83.5 Å². The van der Waals surface area contributed by atoms with Crippen LogP contribution in [0.25, 0.3) is 0 Å². The summed E-state index contributed by atoms with van der Waals surface area (Å²) in [6, 6.07) is -0.0728. The van der Waals surface area contributed by atoms with Crippen molar-refractivity contribution in [3.63, 3.8) is 0 Å². The van der Waals surface area contributed by atoms with Crippen LogP contribution in [0.3, 0.4) is 0 Å². The molecule has 0 radical (unpaired) electrons. The minimum absolute atomic E-state index is 0.0728. The number of sulfonamides is 1. The first kappa shape index (κ1) is 16.4. The quantitative estimate of drug-likeness (QED) is 0.589. The number of rotatable bonds is 10. The molecule has 0 aromatic carbocycles. The summed E-state index contributed by atoms with van der Waals surface area (Å²) in [4.78, 5) is 10.3. The Morgan fingerprint density at radius 2 is 1.94 bits per heavy atom. The van der Waals surface area contributed by atoms with Gasteiger partial charge in [0.1, 0.15) is 0 Å². The average Bonchev–Trinajstić information content (AvgIpc) is 2.16. The monoisotopic (exact) mass is 265 g/mol. The molecule has 17 heavy (non-hydrogen) atoms. The van der Waals surface area contributed by atoms with E-state index in [1.54, 1.807) is 0 Å². The maximum absolute atomic E-state index is 11.6. The summed E-state index contributed by atoms with van der Waals surface area (Å²) in [5.74, 6) is -1.08. The number of carbonyl (C=O) groups is 1. The average molecular weight is 265 g/mol. The summed E-state index contributed by atoms with van der Waals surface area (Å²) in [5.41, 5.74) is 0. The molecule has 5 nitrogen and oxygen atoms in total. The Labute approximate surface area is 104 Å². The van der Waals surface area contributed by atoms with Gasteiger partial charge in [0.25, 0.3) is 0 Å². The van der Waals surface area contributed by atoms with Crippen LogP contribution in [0.1, 0.15) is 52.4 Å². The number of nitrogens with one attached hydrogen (secondary N) is 1. The van der Waals surface area contributed by atoms with Crippen LogP contribution in [-0.2, 0) is 14.8 Å². The largest absolute Gasteiger partial charge is 0.481 e. The Morgan fingerprint density at radius 1 is 1.29 bits per heavy atom. The summed E-state index contributed by atoms with van der Waals surface area (Å²) in [6.07, 6.45) is 4.10. The third kappa shape index (κ3) is 10.3. The normalized spacial score (nSPS) is 13.5. The highest BCUT2D eigenvalue weighted by atomic mass is 32.2. The molecule has 0 spiro atoms. The fourth-order valence-electron chi connectivity index (χ4n) is 1.54. The van der Waals surface area contributed by atoms with Gasteiger partial charge in [-0.25, -0.2) is 13.1 Å². The molecule has 0 aliphatic heterocycles. The fraction of sp³-hybridized carbons (Fsp3) is 0.909. The van der Waals surface area contributed by atoms with Crippen molar-refractivity contribution in [1.29, 1.82) is 0 Å². The lowest BCUT2D eigenvalue weighted by atomic mass is 10.1. The Kier molecular flexibility index (Phi) is 8.16. The van der Waals surface area contributed by atoms with E-state index < -0.39 is 16.0 Å². The highest BCUT2D eigenvalue weighted by Gasteiger charge is 2.14. The van der Waals surface area contributed by atoms with Crippen LogP contribution in [0.2, 0.25) is 0 Å². The second-order valence-electron chi connectivity index (χ2n) is 4.33. The molecule has 0 aliphatic carbocycles. The van der Waals surface area contributed by atoms with Gasteiger partial charge < -0.3 is 5.11 Å². The summed E-state index contributed by atoms with van der Waals surface area (Å²) in [5, 5.41) is 8.42. The minimum atomic E-state index is -3.33. The SMILES string of the molecule is CCCCCC(C)NS(=O)(=O)CCCC(=O)O. The molecule has 0 aliphatic rings. The van der Waals surface area contributed by atoms with Gasteiger partial charge in [-0.1, -0.05) is 26.2 Å². The van der Waals surface area contributed by atoms with Crippen LogP contribution in [-0.4, -0.2) is 31.3 Å². The molecule has 0 heterocycles. The van der Waals surface area contributed by atoms with E-state index in [9.17, 15) is 13.2 Å². The van der Waals surface area contributed by atoms with Crippen molar-refractivity contribution < 1.29 is 18.3 Å². The van der Waals surface area contributed by atoms with Crippen LogP contribution in [0.4, 0.5) is 0 Å². The molecule has 0 saturated heterocycles. The number of hydrogen-bond acceptors (Lipinski definition) is 3. The Morgan fingerprint density at radius 3 is 2.47 bits per heavy atom. The Balaban J connectivity index is 3.86. The zero-order valence-corrected chi connectivity index (χ0v) is 11.4. The highest BCUT2D eigenvalue weighted by Crippen LogP contribution is 2.05. The lowest BCUT2D eigenvalue weighted by Crippen LogP contribution is -2.34. The Bertz CT molecular complexity index is 313. The molecule has 0 fully saturated rings. The minimum Gasteiger partial charge on any atom is -0.481 e. The van der Waals surface area contributed by atoms with E-state index in [2.05, 4.69) is 11.6 Å². The summed E-state index contributed by atoms with van der Waals surface area (Å²) in [6.45, 7) is 3.94. The van der Waals surface area contributed by atoms with Crippen molar-refractivity contribution in [3.05, 3.63) is 0 Å². The lowest BCUT2D eigenvalue weighted by Gasteiger charge is -2.13. The van der Waals surface area contributed by atoms with E-state index in [4.69, 9.17) is 5.11 Å². The molecule has 6 heteroatoms. The second kappa shape index (κ2) is 8.47. The van der Waals surface area contributed by atoms with Gasteiger partial charge in [0.2, 0.25) is 10.0 Å². The molecule has 0 saturated carbocycles. The molecule has 0 bridgehead atoms. The Hall–Kier alpha value is -0.620. The molecule has 2 N–H and O–H groups in total. The first-order chi connectivity index (χ1) is 7.87. The summed E-state index contributed by atoms with van der Waals surface area (Å²) in [7, 11) is -3.33. The molecule has 0 amide bonds. The third-order valence-corrected chi connectivity index (χ3v) is 4.01. The fourth-order valence-corrected chi connectivity index (χ4v) is 2.91. The van der Waals surface area contributed by atoms with Gasteiger partial charge in [0.15, 0.2) is 0 Å².